The Balaban J connectivity index is 1.65. The molecule has 0 atom stereocenters. The number of H-pyrrole nitrogens is 1. The molecule has 26 heavy (non-hydrogen) atoms. The predicted molar refractivity (Wildman–Crippen MR) is 96.2 cm³/mol. The lowest BCUT2D eigenvalue weighted by atomic mass is 10.0. The molecule has 4 aromatic rings. The first-order chi connectivity index (χ1) is 12.7. The summed E-state index contributed by atoms with van der Waals surface area (Å²) in [7, 11) is 0. The highest BCUT2D eigenvalue weighted by Crippen LogP contribution is 2.22. The van der Waals surface area contributed by atoms with Crippen LogP contribution in [0, 0.1) is 11.6 Å². The van der Waals surface area contributed by atoms with Gasteiger partial charge in [-0.25, -0.2) is 8.78 Å². The van der Waals surface area contributed by atoms with Crippen LogP contribution >= 0.6 is 0 Å². The number of fused-ring (bicyclic) bond motifs is 1. The minimum absolute atomic E-state index is 0.434. The van der Waals surface area contributed by atoms with Gasteiger partial charge >= 0.3 is 0 Å². The zero-order valence-corrected chi connectivity index (χ0v) is 13.7. The van der Waals surface area contributed by atoms with Gasteiger partial charge in [0.2, 0.25) is 0 Å². The Bertz CT molecular complexity index is 1070. The van der Waals surface area contributed by atoms with Crippen molar-refractivity contribution in [2.24, 2.45) is 0 Å². The number of hydrogen-bond donors (Lipinski definition) is 1. The highest BCUT2D eigenvalue weighted by atomic mass is 19.1. The van der Waals surface area contributed by atoms with E-state index in [0.717, 1.165) is 33.9 Å². The topological polar surface area (TPSA) is 54.5 Å². The molecule has 0 unspecified atom stereocenters. The van der Waals surface area contributed by atoms with E-state index in [1.54, 1.807) is 18.6 Å². The van der Waals surface area contributed by atoms with Gasteiger partial charge in [-0.2, -0.15) is 5.10 Å². The molecule has 0 radical (unpaired) electrons. The Morgan fingerprint density at radius 1 is 0.923 bits per heavy atom. The fourth-order valence-corrected chi connectivity index (χ4v) is 2.83. The number of halogens is 2. The van der Waals surface area contributed by atoms with Crippen molar-refractivity contribution in [3.63, 3.8) is 0 Å². The van der Waals surface area contributed by atoms with Crippen LogP contribution in [0.3, 0.4) is 0 Å². The van der Waals surface area contributed by atoms with Crippen molar-refractivity contribution in [2.75, 3.05) is 0 Å². The molecule has 2 heterocycles. The highest BCUT2D eigenvalue weighted by Gasteiger charge is 2.07. The average Bonchev–Trinajstić information content (AvgIpc) is 3.02. The van der Waals surface area contributed by atoms with E-state index in [1.807, 2.05) is 30.4 Å². The Morgan fingerprint density at radius 2 is 1.77 bits per heavy atom. The van der Waals surface area contributed by atoms with Crippen molar-refractivity contribution in [3.05, 3.63) is 89.1 Å². The summed E-state index contributed by atoms with van der Waals surface area (Å²) in [5.74, 6) is -1.14. The standard InChI is InChI=1S/C20H14F2N4/c21-15-8-14(9-16(22)11-15)7-13-1-3-19-18(10-13)20(26-25-19)4-2-17-12-23-5-6-24-17/h1-6,8-12H,7H2,(H,25,26). The smallest absolute Gasteiger partial charge is 0.126 e. The van der Waals surface area contributed by atoms with Crippen LogP contribution in [0.15, 0.2) is 55.0 Å². The second kappa shape index (κ2) is 6.84. The van der Waals surface area contributed by atoms with Gasteiger partial charge in [0.25, 0.3) is 0 Å². The number of aromatic amines is 1. The molecule has 0 spiro atoms. The van der Waals surface area contributed by atoms with Gasteiger partial charge < -0.3 is 0 Å². The van der Waals surface area contributed by atoms with Gasteiger partial charge in [-0.1, -0.05) is 6.07 Å². The van der Waals surface area contributed by atoms with E-state index >= 15 is 0 Å². The third-order valence-electron chi connectivity index (χ3n) is 3.98. The fraction of sp³-hybridized carbons (Fsp3) is 0.0500. The maximum atomic E-state index is 13.4. The maximum Gasteiger partial charge on any atom is 0.126 e. The molecule has 4 nitrogen and oxygen atoms in total. The monoisotopic (exact) mass is 348 g/mol. The Labute approximate surface area is 148 Å². The molecule has 0 fully saturated rings. The lowest BCUT2D eigenvalue weighted by Gasteiger charge is -2.03. The quantitative estimate of drug-likeness (QED) is 0.595. The lowest BCUT2D eigenvalue weighted by Crippen LogP contribution is -1.91. The van der Waals surface area contributed by atoms with Crippen LogP contribution in [0.5, 0.6) is 0 Å². The molecule has 0 aliphatic heterocycles. The van der Waals surface area contributed by atoms with Crippen LogP contribution < -0.4 is 0 Å². The van der Waals surface area contributed by atoms with E-state index in [0.29, 0.717) is 12.0 Å². The SMILES string of the molecule is Fc1cc(F)cc(Cc2ccc3[nH]nc(C=Cc4cnccn4)c3c2)c1. The number of hydrogen-bond acceptors (Lipinski definition) is 3. The van der Waals surface area contributed by atoms with Crippen LogP contribution in [0.1, 0.15) is 22.5 Å². The van der Waals surface area contributed by atoms with Crippen molar-refractivity contribution in [2.45, 2.75) is 6.42 Å². The average molecular weight is 348 g/mol. The Hall–Kier alpha value is -3.41. The second-order valence-corrected chi connectivity index (χ2v) is 5.91. The first-order valence-electron chi connectivity index (χ1n) is 8.03. The fourth-order valence-electron chi connectivity index (χ4n) is 2.83. The van der Waals surface area contributed by atoms with Gasteiger partial charge in [0.05, 0.1) is 23.1 Å². The third-order valence-corrected chi connectivity index (χ3v) is 3.98. The minimum Gasteiger partial charge on any atom is -0.277 e. The molecule has 0 amide bonds. The molecule has 0 saturated carbocycles. The predicted octanol–water partition coefficient (Wildman–Crippen LogP) is 4.39. The molecule has 6 heteroatoms. The van der Waals surface area contributed by atoms with Crippen molar-refractivity contribution in [1.82, 2.24) is 20.2 Å². The van der Waals surface area contributed by atoms with Gasteiger partial charge in [-0.15, -0.1) is 0 Å². The van der Waals surface area contributed by atoms with Gasteiger partial charge in [0.15, 0.2) is 0 Å². The summed E-state index contributed by atoms with van der Waals surface area (Å²) in [4.78, 5) is 8.21. The van der Waals surface area contributed by atoms with E-state index in [9.17, 15) is 8.78 Å². The minimum atomic E-state index is -0.572. The Morgan fingerprint density at radius 3 is 2.54 bits per heavy atom. The second-order valence-electron chi connectivity index (χ2n) is 5.91. The van der Waals surface area contributed by atoms with Gasteiger partial charge in [-0.05, 0) is 54.0 Å². The molecule has 0 aliphatic rings. The molecule has 0 bridgehead atoms. The summed E-state index contributed by atoms with van der Waals surface area (Å²) in [5.41, 5.74) is 3.91. The highest BCUT2D eigenvalue weighted by molar-refractivity contribution is 5.89. The number of nitrogens with zero attached hydrogens (tertiary/aromatic N) is 3. The lowest BCUT2D eigenvalue weighted by molar-refractivity contribution is 0.580. The summed E-state index contributed by atoms with van der Waals surface area (Å²) in [6, 6.07) is 9.36. The van der Waals surface area contributed by atoms with E-state index in [2.05, 4.69) is 20.2 Å². The normalized spacial score (nSPS) is 11.5. The molecular formula is C20H14F2N4. The van der Waals surface area contributed by atoms with Gasteiger partial charge in [0, 0.05) is 23.8 Å². The van der Waals surface area contributed by atoms with E-state index in [1.165, 1.54) is 12.1 Å². The van der Waals surface area contributed by atoms with E-state index in [4.69, 9.17) is 0 Å². The summed E-state index contributed by atoms with van der Waals surface area (Å²) >= 11 is 0. The first-order valence-corrected chi connectivity index (χ1v) is 8.03. The molecule has 2 aromatic heterocycles. The van der Waals surface area contributed by atoms with E-state index < -0.39 is 11.6 Å². The zero-order chi connectivity index (χ0) is 17.9. The number of benzene rings is 2. The number of aromatic nitrogens is 4. The van der Waals surface area contributed by atoms with Crippen LogP contribution in [0.4, 0.5) is 8.78 Å². The van der Waals surface area contributed by atoms with Gasteiger partial charge in [0.1, 0.15) is 11.6 Å². The van der Waals surface area contributed by atoms with Gasteiger partial charge in [-0.3, -0.25) is 15.1 Å². The Kier molecular flexibility index (Phi) is 4.23. The summed E-state index contributed by atoms with van der Waals surface area (Å²) < 4.78 is 26.8. The molecule has 4 rings (SSSR count). The summed E-state index contributed by atoms with van der Waals surface area (Å²) in [6.45, 7) is 0. The largest absolute Gasteiger partial charge is 0.277 e. The van der Waals surface area contributed by atoms with Crippen molar-refractivity contribution in [1.29, 1.82) is 0 Å². The molecule has 0 saturated heterocycles. The van der Waals surface area contributed by atoms with Crippen molar-refractivity contribution >= 4 is 23.1 Å². The number of nitrogens with one attached hydrogen (secondary N) is 1. The van der Waals surface area contributed by atoms with Crippen LogP contribution in [-0.4, -0.2) is 20.2 Å². The summed E-state index contributed by atoms with van der Waals surface area (Å²) in [6.07, 6.45) is 9.02. The molecule has 128 valence electrons. The third kappa shape index (κ3) is 3.49. The van der Waals surface area contributed by atoms with Crippen LogP contribution in [0.25, 0.3) is 23.1 Å². The molecule has 2 aromatic carbocycles. The van der Waals surface area contributed by atoms with Crippen LogP contribution in [0.2, 0.25) is 0 Å². The zero-order valence-electron chi connectivity index (χ0n) is 13.7. The van der Waals surface area contributed by atoms with Crippen molar-refractivity contribution < 1.29 is 8.78 Å². The molecular weight excluding hydrogens is 334 g/mol. The first kappa shape index (κ1) is 16.1. The summed E-state index contributed by atoms with van der Waals surface area (Å²) in [5, 5.41) is 8.21. The molecule has 0 aliphatic carbocycles. The van der Waals surface area contributed by atoms with Crippen molar-refractivity contribution in [3.8, 4) is 0 Å². The van der Waals surface area contributed by atoms with Crippen LogP contribution in [-0.2, 0) is 6.42 Å². The number of rotatable bonds is 4. The van der Waals surface area contributed by atoms with E-state index in [-0.39, 0.29) is 0 Å². The molecule has 1 N–H and O–H groups in total. The maximum absolute atomic E-state index is 13.4.